The lowest BCUT2D eigenvalue weighted by Gasteiger charge is -2.59. The second-order valence-corrected chi connectivity index (χ2v) is 7.73. The summed E-state index contributed by atoms with van der Waals surface area (Å²) >= 11 is 0. The van der Waals surface area contributed by atoms with Crippen molar-refractivity contribution in [1.82, 2.24) is 0 Å². The van der Waals surface area contributed by atoms with Crippen LogP contribution in [0.4, 0.5) is 0 Å². The third kappa shape index (κ3) is 2.17. The van der Waals surface area contributed by atoms with E-state index in [0.717, 1.165) is 10.9 Å². The Kier molecular flexibility index (Phi) is 4.10. The van der Waals surface area contributed by atoms with Gasteiger partial charge in [0.15, 0.2) is 0 Å². The maximum absolute atomic E-state index is 6.56. The number of methoxy groups -OCH3 is 2. The molecule has 5 nitrogen and oxygen atoms in total. The maximum Gasteiger partial charge on any atom is 0.220 e. The van der Waals surface area contributed by atoms with Crippen LogP contribution in [0.15, 0.2) is 0 Å². The minimum atomic E-state index is -0.883. The predicted octanol–water partition coefficient (Wildman–Crippen LogP) is 2.14. The first-order chi connectivity index (χ1) is 10.3. The summed E-state index contributed by atoms with van der Waals surface area (Å²) in [5.41, 5.74) is 0. The van der Waals surface area contributed by atoms with E-state index in [2.05, 4.69) is 14.0 Å². The normalized spacial score (nSPS) is 54.8. The van der Waals surface area contributed by atoms with Crippen molar-refractivity contribution in [2.45, 2.75) is 69.9 Å². The van der Waals surface area contributed by atoms with Crippen molar-refractivity contribution in [2.24, 2.45) is 5.92 Å². The van der Waals surface area contributed by atoms with Crippen molar-refractivity contribution >= 4 is 0 Å². The molecule has 0 bridgehead atoms. The van der Waals surface area contributed by atoms with Crippen molar-refractivity contribution in [3.63, 3.8) is 0 Å². The van der Waals surface area contributed by atoms with Gasteiger partial charge in [-0.2, -0.15) is 0 Å². The van der Waals surface area contributed by atoms with Crippen LogP contribution in [-0.4, -0.2) is 68.7 Å². The first-order valence-electron chi connectivity index (χ1n) is 8.62. The Bertz CT molecular complexity index is 433. The molecule has 0 amide bonds. The molecule has 3 heterocycles. The second-order valence-electron chi connectivity index (χ2n) is 7.73. The molecule has 0 aromatic rings. The molecule has 128 valence electrons. The Morgan fingerprint density at radius 3 is 2.23 bits per heavy atom. The van der Waals surface area contributed by atoms with Gasteiger partial charge in [-0.15, -0.1) is 0 Å². The zero-order chi connectivity index (χ0) is 16.2. The van der Waals surface area contributed by atoms with Gasteiger partial charge in [-0.25, -0.2) is 0 Å². The largest absolute Gasteiger partial charge is 0.349 e. The molecule has 7 atom stereocenters. The lowest BCUT2D eigenvalue weighted by molar-refractivity contribution is -0.936. The zero-order valence-electron chi connectivity index (χ0n) is 14.9. The number of hydrogen-bond acceptors (Lipinski definition) is 4. The molecule has 3 rings (SSSR count). The van der Waals surface area contributed by atoms with E-state index < -0.39 is 11.6 Å². The van der Waals surface area contributed by atoms with E-state index in [1.54, 1.807) is 14.2 Å². The van der Waals surface area contributed by atoms with E-state index in [9.17, 15) is 0 Å². The summed E-state index contributed by atoms with van der Waals surface area (Å²) in [6, 6.07) is 0.503. The SMILES string of the molecule is CC[C@H]1C[N@@+]2(C)CCC[C@H]2[C@@H]2O[C@@](C)(OC)[C@](C)(OC)O[C@@H]12. The average molecular weight is 314 g/mol. The Morgan fingerprint density at radius 2 is 1.68 bits per heavy atom. The third-order valence-electron chi connectivity index (χ3n) is 6.64. The first-order valence-corrected chi connectivity index (χ1v) is 8.62. The average Bonchev–Trinajstić information content (AvgIpc) is 2.90. The summed E-state index contributed by atoms with van der Waals surface area (Å²) in [6.07, 6.45) is 3.76. The van der Waals surface area contributed by atoms with E-state index >= 15 is 0 Å². The highest BCUT2D eigenvalue weighted by Gasteiger charge is 2.64. The number of hydrogen-bond donors (Lipinski definition) is 0. The molecular weight excluding hydrogens is 282 g/mol. The monoisotopic (exact) mass is 314 g/mol. The topological polar surface area (TPSA) is 36.9 Å². The highest BCUT2D eigenvalue weighted by Crippen LogP contribution is 2.48. The van der Waals surface area contributed by atoms with Gasteiger partial charge in [0.1, 0.15) is 18.2 Å². The number of piperidine rings is 1. The van der Waals surface area contributed by atoms with Crippen LogP contribution in [0, 0.1) is 5.92 Å². The van der Waals surface area contributed by atoms with Crippen LogP contribution in [0.3, 0.4) is 0 Å². The standard InChI is InChI=1S/C17H32NO4/c1-7-12-11-18(4)10-8-9-13(18)15-14(12)21-16(2,19-5)17(3,20-6)22-15/h12-15H,7-11H2,1-6H3/q+1/t12-,13-,14-,15-,16+,17+,18+/m0/s1. The van der Waals surface area contributed by atoms with Gasteiger partial charge in [-0.1, -0.05) is 6.92 Å². The smallest absolute Gasteiger partial charge is 0.220 e. The predicted molar refractivity (Wildman–Crippen MR) is 83.3 cm³/mol. The van der Waals surface area contributed by atoms with Crippen LogP contribution in [-0.2, 0) is 18.9 Å². The lowest BCUT2D eigenvalue weighted by atomic mass is 9.82. The molecule has 0 saturated carbocycles. The minimum absolute atomic E-state index is 0.0828. The van der Waals surface area contributed by atoms with E-state index in [-0.39, 0.29) is 12.2 Å². The number of rotatable bonds is 3. The Morgan fingerprint density at radius 1 is 1.09 bits per heavy atom. The molecule has 0 aromatic heterocycles. The molecule has 0 aliphatic carbocycles. The van der Waals surface area contributed by atoms with E-state index in [0.29, 0.717) is 12.0 Å². The highest BCUT2D eigenvalue weighted by molar-refractivity contribution is 4.99. The van der Waals surface area contributed by atoms with Gasteiger partial charge >= 0.3 is 0 Å². The summed E-state index contributed by atoms with van der Waals surface area (Å²) in [4.78, 5) is 0. The molecular formula is C17H32NO4+. The van der Waals surface area contributed by atoms with Crippen molar-refractivity contribution in [3.05, 3.63) is 0 Å². The van der Waals surface area contributed by atoms with Crippen LogP contribution < -0.4 is 0 Å². The van der Waals surface area contributed by atoms with Crippen molar-refractivity contribution in [2.75, 3.05) is 34.4 Å². The van der Waals surface area contributed by atoms with Gasteiger partial charge in [0.05, 0.1) is 20.1 Å². The number of ether oxygens (including phenoxy) is 4. The van der Waals surface area contributed by atoms with Gasteiger partial charge in [0, 0.05) is 33.0 Å². The number of fused-ring (bicyclic) bond motifs is 3. The fourth-order valence-electron chi connectivity index (χ4n) is 4.88. The van der Waals surface area contributed by atoms with E-state index in [4.69, 9.17) is 18.9 Å². The summed E-state index contributed by atoms with van der Waals surface area (Å²) in [5.74, 6) is -1.26. The van der Waals surface area contributed by atoms with E-state index in [1.165, 1.54) is 25.9 Å². The summed E-state index contributed by atoms with van der Waals surface area (Å²) in [7, 11) is 5.72. The minimum Gasteiger partial charge on any atom is -0.349 e. The molecule has 0 N–H and O–H groups in total. The Balaban J connectivity index is 1.96. The van der Waals surface area contributed by atoms with Crippen LogP contribution in [0.25, 0.3) is 0 Å². The lowest BCUT2D eigenvalue weighted by Crippen LogP contribution is -2.74. The maximum atomic E-state index is 6.56. The highest BCUT2D eigenvalue weighted by atomic mass is 16.8. The third-order valence-corrected chi connectivity index (χ3v) is 6.64. The van der Waals surface area contributed by atoms with Crippen LogP contribution in [0.2, 0.25) is 0 Å². The molecule has 3 fully saturated rings. The van der Waals surface area contributed by atoms with Crippen molar-refractivity contribution in [3.8, 4) is 0 Å². The number of nitrogens with zero attached hydrogens (tertiary/aromatic N) is 1. The quantitative estimate of drug-likeness (QED) is 0.748. The molecule has 3 aliphatic heterocycles. The molecule has 5 heteroatoms. The summed E-state index contributed by atoms with van der Waals surface area (Å²) in [6.45, 7) is 8.54. The van der Waals surface area contributed by atoms with E-state index in [1.807, 2.05) is 13.8 Å². The summed E-state index contributed by atoms with van der Waals surface area (Å²) in [5, 5.41) is 0. The van der Waals surface area contributed by atoms with Crippen molar-refractivity contribution in [1.29, 1.82) is 0 Å². The second kappa shape index (κ2) is 5.42. The molecule has 3 aliphatic rings. The fraction of sp³-hybridized carbons (Fsp3) is 1.00. The Hall–Kier alpha value is -0.200. The number of likely N-dealkylation sites (N-methyl/N-ethyl adjacent to an activating group) is 1. The fourth-order valence-corrected chi connectivity index (χ4v) is 4.88. The number of quaternary nitrogens is 1. The molecule has 0 spiro atoms. The van der Waals surface area contributed by atoms with Crippen molar-refractivity contribution < 1.29 is 23.4 Å². The van der Waals surface area contributed by atoms with Gasteiger partial charge in [-0.05, 0) is 20.3 Å². The van der Waals surface area contributed by atoms with Crippen LogP contribution in [0.5, 0.6) is 0 Å². The summed E-state index contributed by atoms with van der Waals surface area (Å²) < 4.78 is 25.6. The molecule has 0 aromatic carbocycles. The first kappa shape index (κ1) is 16.7. The zero-order valence-corrected chi connectivity index (χ0v) is 14.9. The molecule has 22 heavy (non-hydrogen) atoms. The molecule has 3 saturated heterocycles. The van der Waals surface area contributed by atoms with Gasteiger partial charge < -0.3 is 23.4 Å². The van der Waals surface area contributed by atoms with Gasteiger partial charge in [0.25, 0.3) is 0 Å². The van der Waals surface area contributed by atoms with Crippen LogP contribution >= 0.6 is 0 Å². The molecule has 0 radical (unpaired) electrons. The van der Waals surface area contributed by atoms with Crippen LogP contribution in [0.1, 0.15) is 40.0 Å². The molecule has 0 unspecified atom stereocenters. The Labute approximate surface area is 134 Å². The van der Waals surface area contributed by atoms with Gasteiger partial charge in [-0.3, -0.25) is 0 Å². The van der Waals surface area contributed by atoms with Gasteiger partial charge in [0.2, 0.25) is 11.6 Å².